The van der Waals surface area contributed by atoms with E-state index in [1.54, 1.807) is 0 Å². The lowest BCUT2D eigenvalue weighted by Crippen LogP contribution is -2.37. The average Bonchev–Trinajstić information content (AvgIpc) is 3.39. The van der Waals surface area contributed by atoms with Crippen LogP contribution in [0.25, 0.3) is 10.9 Å². The molecule has 0 amide bonds. The molecule has 1 atom stereocenters. The molecule has 4 aromatic rings. The lowest BCUT2D eigenvalue weighted by Gasteiger charge is -2.33. The van der Waals surface area contributed by atoms with Crippen LogP contribution in [0.5, 0.6) is 5.75 Å². The minimum absolute atomic E-state index is 0.0469. The van der Waals surface area contributed by atoms with Gasteiger partial charge in [0.05, 0.1) is 18.2 Å². The Morgan fingerprint density at radius 3 is 2.57 bits per heavy atom. The molecule has 0 radical (unpaired) electrons. The van der Waals surface area contributed by atoms with Gasteiger partial charge in [0.25, 0.3) is 5.56 Å². The number of pyridine rings is 1. The van der Waals surface area contributed by atoms with Crippen molar-refractivity contribution < 1.29 is 4.74 Å². The maximum atomic E-state index is 13.2. The van der Waals surface area contributed by atoms with Crippen molar-refractivity contribution in [3.05, 3.63) is 81.9 Å². The second-order valence-electron chi connectivity index (χ2n) is 10.1. The zero-order chi connectivity index (χ0) is 26.4. The number of rotatable bonds is 12. The summed E-state index contributed by atoms with van der Waals surface area (Å²) in [6, 6.07) is 18.1. The fourth-order valence-corrected chi connectivity index (χ4v) is 4.67. The van der Waals surface area contributed by atoms with E-state index < -0.39 is 0 Å². The number of aromatic nitrogens is 5. The van der Waals surface area contributed by atoms with Crippen LogP contribution < -0.4 is 10.3 Å². The molecular formula is C29H38N6O2. The van der Waals surface area contributed by atoms with Gasteiger partial charge in [-0.2, -0.15) is 0 Å². The van der Waals surface area contributed by atoms with Gasteiger partial charge >= 0.3 is 0 Å². The van der Waals surface area contributed by atoms with Gasteiger partial charge in [-0.05, 0) is 80.3 Å². The molecule has 1 N–H and O–H groups in total. The van der Waals surface area contributed by atoms with Crippen LogP contribution in [0.15, 0.2) is 59.4 Å². The molecule has 37 heavy (non-hydrogen) atoms. The van der Waals surface area contributed by atoms with Crippen LogP contribution in [-0.4, -0.2) is 43.2 Å². The molecule has 0 aliphatic heterocycles. The number of aromatic amines is 1. The predicted octanol–water partition coefficient (Wildman–Crippen LogP) is 5.25. The molecule has 2 aromatic heterocycles. The van der Waals surface area contributed by atoms with Crippen molar-refractivity contribution in [2.45, 2.75) is 72.0 Å². The number of benzene rings is 2. The number of nitrogens with one attached hydrogen (secondary N) is 1. The Labute approximate surface area is 218 Å². The van der Waals surface area contributed by atoms with Gasteiger partial charge in [0, 0.05) is 29.6 Å². The van der Waals surface area contributed by atoms with Crippen LogP contribution in [0.4, 0.5) is 0 Å². The smallest absolute Gasteiger partial charge is 0.252 e. The van der Waals surface area contributed by atoms with Crippen molar-refractivity contribution in [2.24, 2.45) is 0 Å². The van der Waals surface area contributed by atoms with Gasteiger partial charge in [-0.15, -0.1) is 5.10 Å². The molecule has 2 aromatic carbocycles. The number of H-pyrrole nitrogens is 1. The van der Waals surface area contributed by atoms with Gasteiger partial charge in [-0.25, -0.2) is 4.68 Å². The third kappa shape index (κ3) is 6.07. The second-order valence-corrected chi connectivity index (χ2v) is 10.1. The van der Waals surface area contributed by atoms with Crippen molar-refractivity contribution in [2.75, 3.05) is 13.2 Å². The number of ether oxygens (including phenoxy) is 1. The number of fused-ring (bicyclic) bond motifs is 1. The number of nitrogens with zero attached hydrogens (tertiary/aromatic N) is 5. The fourth-order valence-electron chi connectivity index (χ4n) is 4.67. The lowest BCUT2D eigenvalue weighted by molar-refractivity contribution is 0.160. The molecule has 0 spiro atoms. The largest absolute Gasteiger partial charge is 0.494 e. The van der Waals surface area contributed by atoms with E-state index in [1.807, 2.05) is 41.9 Å². The van der Waals surface area contributed by atoms with E-state index in [-0.39, 0.29) is 17.1 Å². The van der Waals surface area contributed by atoms with Crippen LogP contribution in [0.1, 0.15) is 70.5 Å². The monoisotopic (exact) mass is 502 g/mol. The molecular weight excluding hydrogens is 464 g/mol. The summed E-state index contributed by atoms with van der Waals surface area (Å²) >= 11 is 0. The average molecular weight is 503 g/mol. The Balaban J connectivity index is 1.72. The van der Waals surface area contributed by atoms with E-state index >= 15 is 0 Å². The summed E-state index contributed by atoms with van der Waals surface area (Å²) in [5.41, 5.74) is 2.47. The molecule has 2 heterocycles. The Morgan fingerprint density at radius 1 is 1.08 bits per heavy atom. The summed E-state index contributed by atoms with van der Waals surface area (Å²) in [4.78, 5) is 18.6. The van der Waals surface area contributed by atoms with Gasteiger partial charge in [-0.1, -0.05) is 44.2 Å². The van der Waals surface area contributed by atoms with Crippen molar-refractivity contribution >= 4 is 10.9 Å². The van der Waals surface area contributed by atoms with Crippen molar-refractivity contribution in [3.8, 4) is 5.75 Å². The molecule has 196 valence electrons. The molecule has 4 rings (SSSR count). The first-order chi connectivity index (χ1) is 17.9. The first kappa shape index (κ1) is 26.5. The molecule has 0 saturated heterocycles. The molecule has 0 aliphatic carbocycles. The Kier molecular flexibility index (Phi) is 8.38. The third-order valence-electron chi connectivity index (χ3n) is 7.17. The van der Waals surface area contributed by atoms with Crippen molar-refractivity contribution in [1.82, 2.24) is 30.1 Å². The highest BCUT2D eigenvalue weighted by Crippen LogP contribution is 2.29. The van der Waals surface area contributed by atoms with Gasteiger partial charge in [-0.3, -0.25) is 9.69 Å². The van der Waals surface area contributed by atoms with Gasteiger partial charge in [0.2, 0.25) is 0 Å². The molecule has 0 bridgehead atoms. The van der Waals surface area contributed by atoms with Crippen LogP contribution in [0.3, 0.4) is 0 Å². The van der Waals surface area contributed by atoms with E-state index in [2.05, 4.69) is 77.4 Å². The predicted molar refractivity (Wildman–Crippen MR) is 147 cm³/mol. The zero-order valence-electron chi connectivity index (χ0n) is 22.6. The van der Waals surface area contributed by atoms with E-state index in [0.717, 1.165) is 48.3 Å². The standard InChI is InChI=1S/C29H38N6O2/c1-6-26(27-31-32-33-35(27)29(4,5)7-2)34(17-16-21-12-10-9-11-13-21)20-23-18-22-19-24(37-8-3)14-15-25(22)30-28(23)36/h9-15,18-19,26H,6-8,16-17,20H2,1-5H3,(H,30,36). The highest BCUT2D eigenvalue weighted by Gasteiger charge is 2.31. The van der Waals surface area contributed by atoms with E-state index in [9.17, 15) is 4.79 Å². The zero-order valence-corrected chi connectivity index (χ0v) is 22.6. The molecule has 8 heteroatoms. The first-order valence-electron chi connectivity index (χ1n) is 13.2. The van der Waals surface area contributed by atoms with Crippen LogP contribution >= 0.6 is 0 Å². The summed E-state index contributed by atoms with van der Waals surface area (Å²) in [5.74, 6) is 1.62. The summed E-state index contributed by atoms with van der Waals surface area (Å²) in [7, 11) is 0. The number of hydrogen-bond donors (Lipinski definition) is 1. The molecule has 8 nitrogen and oxygen atoms in total. The van der Waals surface area contributed by atoms with Crippen LogP contribution in [0, 0.1) is 0 Å². The molecule has 0 aliphatic rings. The van der Waals surface area contributed by atoms with Crippen molar-refractivity contribution in [1.29, 1.82) is 0 Å². The SMILES string of the molecule is CCOc1ccc2[nH]c(=O)c(CN(CCc3ccccc3)C(CC)c3nnnn3C(C)(C)CC)cc2c1. The topological polar surface area (TPSA) is 88.9 Å². The van der Waals surface area contributed by atoms with E-state index in [4.69, 9.17) is 4.74 Å². The van der Waals surface area contributed by atoms with Gasteiger partial charge in [0.15, 0.2) is 5.82 Å². The Hall–Kier alpha value is -3.52. The number of hydrogen-bond acceptors (Lipinski definition) is 6. The van der Waals surface area contributed by atoms with Crippen LogP contribution in [0.2, 0.25) is 0 Å². The quantitative estimate of drug-likeness (QED) is 0.284. The second kappa shape index (κ2) is 11.7. The summed E-state index contributed by atoms with van der Waals surface area (Å²) in [6.07, 6.45) is 2.57. The molecule has 1 unspecified atom stereocenters. The third-order valence-corrected chi connectivity index (χ3v) is 7.17. The number of tetrazole rings is 1. The molecule has 0 fully saturated rings. The van der Waals surface area contributed by atoms with Crippen molar-refractivity contribution in [3.63, 3.8) is 0 Å². The summed E-state index contributed by atoms with van der Waals surface area (Å²) < 4.78 is 7.64. The van der Waals surface area contributed by atoms with E-state index in [1.165, 1.54) is 5.56 Å². The highest BCUT2D eigenvalue weighted by molar-refractivity contribution is 5.80. The minimum Gasteiger partial charge on any atom is -0.494 e. The maximum absolute atomic E-state index is 13.2. The first-order valence-corrected chi connectivity index (χ1v) is 13.2. The normalized spacial score (nSPS) is 12.8. The highest BCUT2D eigenvalue weighted by atomic mass is 16.5. The van der Waals surface area contributed by atoms with Gasteiger partial charge in [0.1, 0.15) is 5.75 Å². The van der Waals surface area contributed by atoms with Crippen LogP contribution in [-0.2, 0) is 18.5 Å². The maximum Gasteiger partial charge on any atom is 0.252 e. The Morgan fingerprint density at radius 2 is 1.86 bits per heavy atom. The fraction of sp³-hybridized carbons (Fsp3) is 0.448. The lowest BCUT2D eigenvalue weighted by atomic mass is 10.0. The summed E-state index contributed by atoms with van der Waals surface area (Å²) in [5, 5.41) is 13.9. The Bertz CT molecular complexity index is 1360. The van der Waals surface area contributed by atoms with E-state index in [0.29, 0.717) is 18.7 Å². The molecule has 0 saturated carbocycles. The van der Waals surface area contributed by atoms with Gasteiger partial charge < -0.3 is 9.72 Å². The minimum atomic E-state index is -0.215. The summed E-state index contributed by atoms with van der Waals surface area (Å²) in [6.45, 7) is 12.4.